The van der Waals surface area contributed by atoms with Crippen molar-refractivity contribution in [3.63, 3.8) is 0 Å². The monoisotopic (exact) mass is 234 g/mol. The minimum Gasteiger partial charge on any atom is -0.507 e. The van der Waals surface area contributed by atoms with Gasteiger partial charge in [-0.1, -0.05) is 31.2 Å². The molecule has 1 rings (SSSR count). The molecule has 0 atom stereocenters. The molecule has 1 aromatic rings. The molecule has 17 heavy (non-hydrogen) atoms. The third-order valence-corrected chi connectivity index (χ3v) is 2.02. The molecule has 0 saturated heterocycles. The van der Waals surface area contributed by atoms with Crippen LogP contribution in [0.2, 0.25) is 0 Å². The van der Waals surface area contributed by atoms with Crippen molar-refractivity contribution in [1.82, 2.24) is 0 Å². The van der Waals surface area contributed by atoms with Crippen molar-refractivity contribution < 1.29 is 19.4 Å². The van der Waals surface area contributed by atoms with Crippen molar-refractivity contribution in [2.75, 3.05) is 0 Å². The maximum absolute atomic E-state index is 11.5. The summed E-state index contributed by atoms with van der Waals surface area (Å²) in [7, 11) is 0. The van der Waals surface area contributed by atoms with Gasteiger partial charge in [0.2, 0.25) is 0 Å². The Balaban J connectivity index is 2.58. The van der Waals surface area contributed by atoms with E-state index < -0.39 is 11.9 Å². The first-order valence-electron chi connectivity index (χ1n) is 5.33. The third-order valence-electron chi connectivity index (χ3n) is 2.02. The average molecular weight is 234 g/mol. The molecule has 0 fully saturated rings. The van der Waals surface area contributed by atoms with E-state index in [4.69, 9.17) is 0 Å². The van der Waals surface area contributed by atoms with Gasteiger partial charge < -0.3 is 9.84 Å². The number of benzene rings is 1. The van der Waals surface area contributed by atoms with E-state index in [2.05, 4.69) is 4.74 Å². The molecule has 0 aromatic heterocycles. The Morgan fingerprint density at radius 3 is 2.65 bits per heavy atom. The van der Waals surface area contributed by atoms with Crippen molar-refractivity contribution >= 4 is 11.9 Å². The largest absolute Gasteiger partial charge is 0.507 e. The predicted molar refractivity (Wildman–Crippen MR) is 62.6 cm³/mol. The number of carbonyl (C=O) groups excluding carboxylic acids is 2. The van der Waals surface area contributed by atoms with E-state index in [1.165, 1.54) is 12.1 Å². The SMILES string of the molecule is CC/C=C\CC(=O)OC(=O)c1ccccc1O. The van der Waals surface area contributed by atoms with Crippen LogP contribution < -0.4 is 0 Å². The highest BCUT2D eigenvalue weighted by atomic mass is 16.6. The van der Waals surface area contributed by atoms with Crippen molar-refractivity contribution in [1.29, 1.82) is 0 Å². The number of carbonyl (C=O) groups is 2. The number of para-hydroxylation sites is 1. The number of phenolic OH excluding ortho intramolecular Hbond substituents is 1. The van der Waals surface area contributed by atoms with E-state index in [0.717, 1.165) is 6.42 Å². The number of ether oxygens (including phenoxy) is 1. The number of rotatable bonds is 4. The van der Waals surface area contributed by atoms with Crippen LogP contribution in [0.4, 0.5) is 0 Å². The molecule has 1 aromatic carbocycles. The molecule has 90 valence electrons. The zero-order valence-corrected chi connectivity index (χ0v) is 9.55. The van der Waals surface area contributed by atoms with Gasteiger partial charge in [0.1, 0.15) is 11.3 Å². The van der Waals surface area contributed by atoms with Crippen LogP contribution in [0.5, 0.6) is 5.75 Å². The second-order valence-corrected chi connectivity index (χ2v) is 3.36. The summed E-state index contributed by atoms with van der Waals surface area (Å²) in [4.78, 5) is 22.7. The molecular weight excluding hydrogens is 220 g/mol. The van der Waals surface area contributed by atoms with Gasteiger partial charge in [0, 0.05) is 0 Å². The number of hydrogen-bond acceptors (Lipinski definition) is 4. The quantitative estimate of drug-likeness (QED) is 0.493. The molecule has 4 nitrogen and oxygen atoms in total. The van der Waals surface area contributed by atoms with Crippen molar-refractivity contribution in [2.45, 2.75) is 19.8 Å². The normalized spacial score (nSPS) is 10.4. The number of esters is 2. The molecule has 0 aliphatic rings. The zero-order chi connectivity index (χ0) is 12.7. The molecule has 0 radical (unpaired) electrons. The minimum absolute atomic E-state index is 0.0136. The fraction of sp³-hybridized carbons (Fsp3) is 0.231. The van der Waals surface area contributed by atoms with E-state index in [9.17, 15) is 14.7 Å². The summed E-state index contributed by atoms with van der Waals surface area (Å²) < 4.78 is 4.57. The van der Waals surface area contributed by atoms with Crippen LogP contribution in [0.3, 0.4) is 0 Å². The lowest BCUT2D eigenvalue weighted by Crippen LogP contribution is -2.11. The Hall–Kier alpha value is -2.10. The first kappa shape index (κ1) is 13.0. The second kappa shape index (κ2) is 6.48. The molecule has 0 aliphatic heterocycles. The highest BCUT2D eigenvalue weighted by molar-refractivity contribution is 5.98. The number of allylic oxidation sites excluding steroid dienone is 1. The Kier molecular flexibility index (Phi) is 4.94. The number of hydrogen-bond donors (Lipinski definition) is 1. The van der Waals surface area contributed by atoms with Crippen molar-refractivity contribution in [2.24, 2.45) is 0 Å². The van der Waals surface area contributed by atoms with Crippen LogP contribution in [-0.4, -0.2) is 17.0 Å². The Labute approximate surface area is 99.5 Å². The molecule has 4 heteroatoms. The van der Waals surface area contributed by atoms with Crippen LogP contribution in [0.1, 0.15) is 30.1 Å². The van der Waals surface area contributed by atoms with E-state index in [0.29, 0.717) is 0 Å². The molecular formula is C13H14O4. The summed E-state index contributed by atoms with van der Waals surface area (Å²) in [6, 6.07) is 5.92. The van der Waals surface area contributed by atoms with Gasteiger partial charge >= 0.3 is 11.9 Å². The minimum atomic E-state index is -0.835. The van der Waals surface area contributed by atoms with Crippen LogP contribution in [0.25, 0.3) is 0 Å². The highest BCUT2D eigenvalue weighted by Gasteiger charge is 2.14. The molecule has 0 heterocycles. The van der Waals surface area contributed by atoms with E-state index in [-0.39, 0.29) is 17.7 Å². The third kappa shape index (κ3) is 4.10. The number of phenols is 1. The predicted octanol–water partition coefficient (Wildman–Crippen LogP) is 2.43. The molecule has 0 bridgehead atoms. The van der Waals surface area contributed by atoms with Gasteiger partial charge in [0.25, 0.3) is 0 Å². The molecule has 0 aliphatic carbocycles. The summed E-state index contributed by atoms with van der Waals surface area (Å²) in [6.07, 6.45) is 4.32. The maximum atomic E-state index is 11.5. The molecule has 1 N–H and O–H groups in total. The fourth-order valence-corrected chi connectivity index (χ4v) is 1.19. The summed E-state index contributed by atoms with van der Waals surface area (Å²) in [5.41, 5.74) is -0.0136. The molecule has 0 amide bonds. The fourth-order valence-electron chi connectivity index (χ4n) is 1.19. The van der Waals surface area contributed by atoms with E-state index in [1.807, 2.05) is 13.0 Å². The first-order chi connectivity index (χ1) is 8.15. The summed E-state index contributed by atoms with van der Waals surface area (Å²) in [6.45, 7) is 1.94. The lowest BCUT2D eigenvalue weighted by molar-refractivity contribution is -0.136. The lowest BCUT2D eigenvalue weighted by atomic mass is 10.2. The topological polar surface area (TPSA) is 63.6 Å². The standard InChI is InChI=1S/C13H14O4/c1-2-3-4-9-12(15)17-13(16)10-7-5-6-8-11(10)14/h3-8,14H,2,9H2,1H3/b4-3-. The summed E-state index contributed by atoms with van der Waals surface area (Å²) >= 11 is 0. The van der Waals surface area contributed by atoms with Crippen LogP contribution in [0.15, 0.2) is 36.4 Å². The maximum Gasteiger partial charge on any atom is 0.349 e. The van der Waals surface area contributed by atoms with Gasteiger partial charge in [-0.2, -0.15) is 0 Å². The lowest BCUT2D eigenvalue weighted by Gasteiger charge is -2.02. The van der Waals surface area contributed by atoms with Gasteiger partial charge in [0.05, 0.1) is 6.42 Å². The van der Waals surface area contributed by atoms with E-state index in [1.54, 1.807) is 18.2 Å². The number of aromatic hydroxyl groups is 1. The van der Waals surface area contributed by atoms with E-state index >= 15 is 0 Å². The Morgan fingerprint density at radius 1 is 1.29 bits per heavy atom. The van der Waals surface area contributed by atoms with Crippen molar-refractivity contribution in [3.05, 3.63) is 42.0 Å². The Bertz CT molecular complexity index is 435. The average Bonchev–Trinajstić information content (AvgIpc) is 2.29. The van der Waals surface area contributed by atoms with Gasteiger partial charge in [-0.05, 0) is 18.6 Å². The Morgan fingerprint density at radius 2 is 2.00 bits per heavy atom. The molecule has 0 saturated carbocycles. The van der Waals surface area contributed by atoms with Gasteiger partial charge in [0.15, 0.2) is 0 Å². The second-order valence-electron chi connectivity index (χ2n) is 3.36. The van der Waals surface area contributed by atoms with Crippen LogP contribution >= 0.6 is 0 Å². The molecule has 0 spiro atoms. The smallest absolute Gasteiger partial charge is 0.349 e. The highest BCUT2D eigenvalue weighted by Crippen LogP contribution is 2.16. The van der Waals surface area contributed by atoms with Crippen LogP contribution in [-0.2, 0) is 9.53 Å². The first-order valence-corrected chi connectivity index (χ1v) is 5.33. The van der Waals surface area contributed by atoms with Gasteiger partial charge in [-0.15, -0.1) is 0 Å². The van der Waals surface area contributed by atoms with Gasteiger partial charge in [-0.25, -0.2) is 4.79 Å². The zero-order valence-electron chi connectivity index (χ0n) is 9.55. The molecule has 0 unspecified atom stereocenters. The summed E-state index contributed by atoms with van der Waals surface area (Å²) in [5.74, 6) is -1.67. The van der Waals surface area contributed by atoms with Gasteiger partial charge in [-0.3, -0.25) is 4.79 Å². The van der Waals surface area contributed by atoms with Crippen molar-refractivity contribution in [3.8, 4) is 5.75 Å². The van der Waals surface area contributed by atoms with Crippen LogP contribution in [0, 0.1) is 0 Å². The summed E-state index contributed by atoms with van der Waals surface area (Å²) in [5, 5.41) is 9.38.